The smallest absolute Gasteiger partial charge is 0.201 e. The lowest BCUT2D eigenvalue weighted by Gasteiger charge is -2.16. The molecule has 2 saturated heterocycles. The van der Waals surface area contributed by atoms with Gasteiger partial charge in [0.1, 0.15) is 0 Å². The first-order chi connectivity index (χ1) is 10.5. The van der Waals surface area contributed by atoms with Gasteiger partial charge in [0.15, 0.2) is 0 Å². The first-order valence-corrected chi connectivity index (χ1v) is 7.66. The van der Waals surface area contributed by atoms with Crippen molar-refractivity contribution >= 4 is 23.3 Å². The lowest BCUT2D eigenvalue weighted by molar-refractivity contribution is 0.553. The molecule has 0 aromatic heterocycles. The third-order valence-electron chi connectivity index (χ3n) is 4.22. The van der Waals surface area contributed by atoms with Crippen molar-refractivity contribution in [1.82, 2.24) is 19.6 Å². The van der Waals surface area contributed by atoms with Crippen LogP contribution in [0.2, 0.25) is 0 Å². The fraction of sp³-hybridized carbons (Fsp3) is 0.500. The van der Waals surface area contributed by atoms with E-state index in [1.54, 1.807) is 0 Å². The van der Waals surface area contributed by atoms with Gasteiger partial charge in [0.05, 0.1) is 11.4 Å². The van der Waals surface area contributed by atoms with Crippen LogP contribution in [-0.4, -0.2) is 85.9 Å². The van der Waals surface area contributed by atoms with Crippen LogP contribution in [0.4, 0.5) is 11.4 Å². The predicted octanol–water partition coefficient (Wildman–Crippen LogP) is 1.42. The Labute approximate surface area is 132 Å². The van der Waals surface area contributed by atoms with Crippen molar-refractivity contribution in [3.05, 3.63) is 24.3 Å². The van der Waals surface area contributed by atoms with Crippen LogP contribution in [0.15, 0.2) is 34.3 Å². The fourth-order valence-electron chi connectivity index (χ4n) is 2.76. The van der Waals surface area contributed by atoms with E-state index in [0.29, 0.717) is 0 Å². The van der Waals surface area contributed by atoms with Crippen molar-refractivity contribution in [1.29, 1.82) is 0 Å². The highest BCUT2D eigenvalue weighted by Gasteiger charge is 2.20. The Bertz CT molecular complexity index is 514. The molecule has 1 aromatic carbocycles. The van der Waals surface area contributed by atoms with Gasteiger partial charge in [0, 0.05) is 54.4 Å². The molecule has 0 amide bonds. The maximum atomic E-state index is 4.72. The summed E-state index contributed by atoms with van der Waals surface area (Å²) in [4.78, 5) is 18.2. The lowest BCUT2D eigenvalue weighted by Crippen LogP contribution is -2.28. The molecule has 0 spiro atoms. The van der Waals surface area contributed by atoms with Gasteiger partial charge in [-0.1, -0.05) is 0 Å². The van der Waals surface area contributed by atoms with Crippen molar-refractivity contribution in [3.63, 3.8) is 0 Å². The van der Waals surface area contributed by atoms with Crippen molar-refractivity contribution in [2.24, 2.45) is 9.98 Å². The van der Waals surface area contributed by atoms with Crippen molar-refractivity contribution in [3.8, 4) is 0 Å². The first kappa shape index (κ1) is 14.7. The van der Waals surface area contributed by atoms with Crippen LogP contribution in [0, 0.1) is 0 Å². The Morgan fingerprint density at radius 1 is 0.591 bits per heavy atom. The molecule has 2 aliphatic heterocycles. The number of rotatable bonds is 2. The third kappa shape index (κ3) is 2.86. The SMILES string of the molecule is CN1CCN(C)C1=Nc1ccc(N=C2N(C)CCN2C)cc1. The standard InChI is InChI=1S/C16H24N6/c1-19-9-10-20(2)15(19)17-13-5-7-14(8-6-13)18-16-21(3)11-12-22(16)4/h5-8H,9-12H2,1-4H3. The molecule has 0 N–H and O–H groups in total. The van der Waals surface area contributed by atoms with Gasteiger partial charge in [0.2, 0.25) is 11.9 Å². The summed E-state index contributed by atoms with van der Waals surface area (Å²) < 4.78 is 0. The molecular weight excluding hydrogens is 276 g/mol. The Balaban J connectivity index is 1.79. The highest BCUT2D eigenvalue weighted by atomic mass is 15.4. The Morgan fingerprint density at radius 2 is 0.864 bits per heavy atom. The fourth-order valence-corrected chi connectivity index (χ4v) is 2.76. The molecule has 0 saturated carbocycles. The molecule has 2 aliphatic rings. The number of hydrogen-bond donors (Lipinski definition) is 0. The zero-order valence-electron chi connectivity index (χ0n) is 13.8. The van der Waals surface area contributed by atoms with Gasteiger partial charge in [-0.2, -0.15) is 0 Å². The Hall–Kier alpha value is -2.24. The van der Waals surface area contributed by atoms with E-state index in [0.717, 1.165) is 49.5 Å². The maximum absolute atomic E-state index is 4.72. The normalized spacial score (nSPS) is 18.5. The second-order valence-corrected chi connectivity index (χ2v) is 6.03. The Kier molecular flexibility index (Phi) is 3.92. The monoisotopic (exact) mass is 300 g/mol. The zero-order valence-corrected chi connectivity index (χ0v) is 13.8. The van der Waals surface area contributed by atoms with Gasteiger partial charge in [-0.3, -0.25) is 0 Å². The van der Waals surface area contributed by atoms with Crippen LogP contribution in [0.1, 0.15) is 0 Å². The minimum Gasteiger partial charge on any atom is -0.344 e. The molecule has 0 bridgehead atoms. The molecule has 6 nitrogen and oxygen atoms in total. The van der Waals surface area contributed by atoms with Crippen molar-refractivity contribution in [2.45, 2.75) is 0 Å². The average molecular weight is 300 g/mol. The topological polar surface area (TPSA) is 37.7 Å². The van der Waals surface area contributed by atoms with Crippen molar-refractivity contribution < 1.29 is 0 Å². The molecule has 118 valence electrons. The molecule has 0 radical (unpaired) electrons. The summed E-state index contributed by atoms with van der Waals surface area (Å²) in [6.45, 7) is 4.11. The van der Waals surface area contributed by atoms with E-state index in [1.807, 2.05) is 24.3 Å². The van der Waals surface area contributed by atoms with E-state index in [4.69, 9.17) is 9.98 Å². The average Bonchev–Trinajstić information content (AvgIpc) is 2.99. The van der Waals surface area contributed by atoms with Crippen LogP contribution in [0.3, 0.4) is 0 Å². The van der Waals surface area contributed by atoms with Gasteiger partial charge in [-0.05, 0) is 24.3 Å². The van der Waals surface area contributed by atoms with E-state index >= 15 is 0 Å². The molecule has 6 heteroatoms. The number of nitrogens with zero attached hydrogens (tertiary/aromatic N) is 6. The summed E-state index contributed by atoms with van der Waals surface area (Å²) in [7, 11) is 8.31. The van der Waals surface area contributed by atoms with Gasteiger partial charge in [-0.15, -0.1) is 0 Å². The van der Waals surface area contributed by atoms with Crippen LogP contribution >= 0.6 is 0 Å². The minimum absolute atomic E-state index is 0.965. The second kappa shape index (κ2) is 5.87. The molecular formula is C16H24N6. The van der Waals surface area contributed by atoms with E-state index in [-0.39, 0.29) is 0 Å². The van der Waals surface area contributed by atoms with Crippen LogP contribution < -0.4 is 0 Å². The second-order valence-electron chi connectivity index (χ2n) is 6.03. The first-order valence-electron chi connectivity index (χ1n) is 7.66. The number of likely N-dealkylation sites (N-methyl/N-ethyl adjacent to an activating group) is 4. The van der Waals surface area contributed by atoms with Crippen LogP contribution in [0.25, 0.3) is 0 Å². The van der Waals surface area contributed by atoms with Gasteiger partial charge in [-0.25, -0.2) is 9.98 Å². The predicted molar refractivity (Wildman–Crippen MR) is 91.2 cm³/mol. The molecule has 0 atom stereocenters. The quantitative estimate of drug-likeness (QED) is 0.828. The molecule has 2 heterocycles. The number of guanidine groups is 2. The summed E-state index contributed by atoms with van der Waals surface area (Å²) >= 11 is 0. The summed E-state index contributed by atoms with van der Waals surface area (Å²) in [6, 6.07) is 8.12. The van der Waals surface area contributed by atoms with E-state index < -0.39 is 0 Å². The molecule has 3 rings (SSSR count). The van der Waals surface area contributed by atoms with E-state index in [2.05, 4.69) is 47.8 Å². The molecule has 0 aliphatic carbocycles. The van der Waals surface area contributed by atoms with Gasteiger partial charge in [0.25, 0.3) is 0 Å². The zero-order chi connectivity index (χ0) is 15.7. The molecule has 1 aromatic rings. The number of aliphatic imine (C=N–C) groups is 2. The van der Waals surface area contributed by atoms with Gasteiger partial charge >= 0.3 is 0 Å². The number of benzene rings is 1. The minimum atomic E-state index is 0.965. The lowest BCUT2D eigenvalue weighted by atomic mass is 10.3. The van der Waals surface area contributed by atoms with Crippen LogP contribution in [-0.2, 0) is 0 Å². The van der Waals surface area contributed by atoms with Gasteiger partial charge < -0.3 is 19.6 Å². The summed E-state index contributed by atoms with van der Waals surface area (Å²) in [6.07, 6.45) is 0. The van der Waals surface area contributed by atoms with Crippen molar-refractivity contribution in [2.75, 3.05) is 54.4 Å². The van der Waals surface area contributed by atoms with E-state index in [1.165, 1.54) is 0 Å². The summed E-state index contributed by atoms with van der Waals surface area (Å²) in [5.74, 6) is 2.05. The largest absolute Gasteiger partial charge is 0.344 e. The molecule has 0 unspecified atom stereocenters. The maximum Gasteiger partial charge on any atom is 0.201 e. The summed E-state index contributed by atoms with van der Waals surface area (Å²) in [5, 5.41) is 0. The Morgan fingerprint density at radius 3 is 1.14 bits per heavy atom. The number of hydrogen-bond acceptors (Lipinski definition) is 2. The molecule has 22 heavy (non-hydrogen) atoms. The van der Waals surface area contributed by atoms with Crippen LogP contribution in [0.5, 0.6) is 0 Å². The molecule has 2 fully saturated rings. The summed E-state index contributed by atoms with van der Waals surface area (Å²) in [5.41, 5.74) is 1.93. The highest BCUT2D eigenvalue weighted by Crippen LogP contribution is 2.21. The highest BCUT2D eigenvalue weighted by molar-refractivity contribution is 5.85. The van der Waals surface area contributed by atoms with E-state index in [9.17, 15) is 0 Å². The third-order valence-corrected chi connectivity index (χ3v) is 4.22.